The van der Waals surface area contributed by atoms with Crippen LogP contribution in [0.2, 0.25) is 0 Å². The number of hydrazine groups is 1. The molecule has 0 aliphatic heterocycles. The van der Waals surface area contributed by atoms with Gasteiger partial charge in [-0.15, -0.1) is 11.3 Å². The van der Waals surface area contributed by atoms with Gasteiger partial charge in [0.15, 0.2) is 6.61 Å². The van der Waals surface area contributed by atoms with Crippen molar-refractivity contribution in [1.82, 2.24) is 10.9 Å². The first-order valence-electron chi connectivity index (χ1n) is 9.03. The van der Waals surface area contributed by atoms with E-state index in [4.69, 9.17) is 9.47 Å². The average Bonchev–Trinajstić information content (AvgIpc) is 3.11. The maximum atomic E-state index is 14.2. The van der Waals surface area contributed by atoms with E-state index in [1.54, 1.807) is 18.2 Å². The number of para-hydroxylation sites is 1. The summed E-state index contributed by atoms with van der Waals surface area (Å²) < 4.78 is 25.5. The van der Waals surface area contributed by atoms with Gasteiger partial charge in [-0.25, -0.2) is 4.39 Å². The summed E-state index contributed by atoms with van der Waals surface area (Å²) in [6.45, 7) is 1.83. The molecule has 0 bridgehead atoms. The van der Waals surface area contributed by atoms with Gasteiger partial charge in [-0.05, 0) is 30.2 Å². The van der Waals surface area contributed by atoms with E-state index < -0.39 is 17.6 Å². The fraction of sp³-hybridized carbons (Fsp3) is 0.238. The summed E-state index contributed by atoms with van der Waals surface area (Å²) >= 11 is 1.14. The molecular weight excluding hydrogens is 395 g/mol. The Morgan fingerprint density at radius 2 is 1.90 bits per heavy atom. The van der Waals surface area contributed by atoms with Crippen molar-refractivity contribution in [1.29, 1.82) is 0 Å². The maximum Gasteiger partial charge on any atom is 0.280 e. The van der Waals surface area contributed by atoms with Crippen LogP contribution in [-0.4, -0.2) is 25.5 Å². The van der Waals surface area contributed by atoms with E-state index in [0.717, 1.165) is 23.3 Å². The number of aryl methyl sites for hydroxylation is 1. The summed E-state index contributed by atoms with van der Waals surface area (Å²) in [5, 5.41) is 0.357. The summed E-state index contributed by atoms with van der Waals surface area (Å²) in [6, 6.07) is 12.1. The van der Waals surface area contributed by atoms with Crippen LogP contribution < -0.4 is 15.6 Å². The minimum atomic E-state index is -0.542. The lowest BCUT2D eigenvalue weighted by molar-refractivity contribution is -0.123. The first kappa shape index (κ1) is 20.8. The number of carbonyl (C=O) groups is 2. The van der Waals surface area contributed by atoms with Gasteiger partial charge in [-0.3, -0.25) is 20.4 Å². The summed E-state index contributed by atoms with van der Waals surface area (Å²) in [5.41, 5.74) is 6.12. The van der Waals surface area contributed by atoms with Crippen molar-refractivity contribution in [2.24, 2.45) is 0 Å². The molecule has 3 aromatic rings. The molecule has 0 radical (unpaired) electrons. The Balaban J connectivity index is 1.65. The molecule has 29 heavy (non-hydrogen) atoms. The predicted octanol–water partition coefficient (Wildman–Crippen LogP) is 3.59. The maximum absolute atomic E-state index is 14.2. The zero-order valence-electron chi connectivity index (χ0n) is 16.1. The summed E-state index contributed by atoms with van der Waals surface area (Å²) in [7, 11) is 1.47. The molecule has 1 heterocycles. The molecule has 0 fully saturated rings. The Hall–Kier alpha value is -2.97. The second-order valence-electron chi connectivity index (χ2n) is 6.21. The third-order valence-electron chi connectivity index (χ3n) is 4.29. The third kappa shape index (κ3) is 4.72. The van der Waals surface area contributed by atoms with Gasteiger partial charge in [0.05, 0.1) is 6.61 Å². The second kappa shape index (κ2) is 9.49. The summed E-state index contributed by atoms with van der Waals surface area (Å²) in [5.74, 6) is -0.847. The van der Waals surface area contributed by atoms with Crippen molar-refractivity contribution < 1.29 is 23.5 Å². The normalized spacial score (nSPS) is 10.7. The number of benzene rings is 2. The highest BCUT2D eigenvalue weighted by atomic mass is 32.1. The van der Waals surface area contributed by atoms with E-state index in [2.05, 4.69) is 10.9 Å². The number of rotatable bonds is 7. The monoisotopic (exact) mass is 416 g/mol. The lowest BCUT2D eigenvalue weighted by atomic mass is 10.1. The first-order chi connectivity index (χ1) is 14.0. The Morgan fingerprint density at radius 3 is 2.66 bits per heavy atom. The van der Waals surface area contributed by atoms with Gasteiger partial charge in [0, 0.05) is 22.8 Å². The Morgan fingerprint density at radius 1 is 1.10 bits per heavy atom. The van der Waals surface area contributed by atoms with Crippen LogP contribution in [0, 0.1) is 5.82 Å². The van der Waals surface area contributed by atoms with Crippen molar-refractivity contribution in [3.05, 3.63) is 64.3 Å². The summed E-state index contributed by atoms with van der Waals surface area (Å²) in [6.07, 6.45) is 0.777. The van der Waals surface area contributed by atoms with Crippen LogP contribution in [-0.2, 0) is 22.6 Å². The average molecular weight is 416 g/mol. The number of amides is 2. The smallest absolute Gasteiger partial charge is 0.280 e. The highest BCUT2D eigenvalue weighted by Crippen LogP contribution is 2.33. The molecule has 1 aromatic heterocycles. The van der Waals surface area contributed by atoms with Crippen LogP contribution in [0.25, 0.3) is 10.1 Å². The van der Waals surface area contributed by atoms with E-state index in [-0.39, 0.29) is 18.1 Å². The van der Waals surface area contributed by atoms with Gasteiger partial charge in [-0.1, -0.05) is 31.2 Å². The van der Waals surface area contributed by atoms with E-state index >= 15 is 0 Å². The number of nitrogens with one attached hydrogen (secondary N) is 2. The topological polar surface area (TPSA) is 76.7 Å². The number of methoxy groups -OCH3 is 1. The number of hydrogen-bond donors (Lipinski definition) is 2. The van der Waals surface area contributed by atoms with E-state index in [9.17, 15) is 14.0 Å². The van der Waals surface area contributed by atoms with E-state index in [1.165, 1.54) is 13.2 Å². The molecule has 152 valence electrons. The molecule has 0 aliphatic carbocycles. The Bertz CT molecular complexity index is 1030. The summed E-state index contributed by atoms with van der Waals surface area (Å²) in [4.78, 5) is 24.9. The first-order valence-corrected chi connectivity index (χ1v) is 9.85. The lowest BCUT2D eigenvalue weighted by Gasteiger charge is -2.11. The van der Waals surface area contributed by atoms with Crippen LogP contribution >= 0.6 is 11.3 Å². The minimum absolute atomic E-state index is 0.0779. The SMILES string of the molecule is CCc1ccccc1OCC(=O)NNC(=O)c1sc2cccc(F)c2c1COC. The predicted molar refractivity (Wildman–Crippen MR) is 109 cm³/mol. The molecule has 2 amide bonds. The molecule has 3 rings (SSSR count). The Kier molecular flexibility index (Phi) is 6.79. The van der Waals surface area contributed by atoms with Crippen LogP contribution in [0.1, 0.15) is 27.7 Å². The zero-order valence-corrected chi connectivity index (χ0v) is 16.9. The van der Waals surface area contributed by atoms with Crippen LogP contribution in [0.3, 0.4) is 0 Å². The number of ether oxygens (including phenoxy) is 2. The second-order valence-corrected chi connectivity index (χ2v) is 7.26. The molecular formula is C21H21FN2O4S. The van der Waals surface area contributed by atoms with Crippen molar-refractivity contribution in [2.75, 3.05) is 13.7 Å². The van der Waals surface area contributed by atoms with Crippen molar-refractivity contribution in [3.63, 3.8) is 0 Å². The lowest BCUT2D eigenvalue weighted by Crippen LogP contribution is -2.43. The van der Waals surface area contributed by atoms with Crippen molar-refractivity contribution in [3.8, 4) is 5.75 Å². The third-order valence-corrected chi connectivity index (χ3v) is 5.48. The van der Waals surface area contributed by atoms with Crippen molar-refractivity contribution in [2.45, 2.75) is 20.0 Å². The van der Waals surface area contributed by atoms with Gasteiger partial charge in [0.25, 0.3) is 11.8 Å². The fourth-order valence-electron chi connectivity index (χ4n) is 2.93. The Labute approximate surface area is 171 Å². The molecule has 0 aliphatic rings. The van der Waals surface area contributed by atoms with Gasteiger partial charge < -0.3 is 9.47 Å². The van der Waals surface area contributed by atoms with Crippen LogP contribution in [0.5, 0.6) is 5.75 Å². The van der Waals surface area contributed by atoms with Gasteiger partial charge in [-0.2, -0.15) is 0 Å². The number of fused-ring (bicyclic) bond motifs is 1. The number of thiophene rings is 1. The molecule has 0 atom stereocenters. The minimum Gasteiger partial charge on any atom is -0.483 e. The zero-order chi connectivity index (χ0) is 20.8. The number of carbonyl (C=O) groups excluding carboxylic acids is 2. The number of halogens is 1. The molecule has 0 spiro atoms. The molecule has 0 unspecified atom stereocenters. The number of hydrogen-bond acceptors (Lipinski definition) is 5. The fourth-order valence-corrected chi connectivity index (χ4v) is 4.05. The molecule has 6 nitrogen and oxygen atoms in total. The molecule has 0 saturated carbocycles. The van der Waals surface area contributed by atoms with Gasteiger partial charge in [0.2, 0.25) is 0 Å². The highest BCUT2D eigenvalue weighted by molar-refractivity contribution is 7.21. The standard InChI is InChI=1S/C21H21FN2O4S/c1-3-13-7-4-5-9-16(13)28-12-18(25)23-24-21(26)20-14(11-27-2)19-15(22)8-6-10-17(19)29-20/h4-10H,3,11-12H2,1-2H3,(H,23,25)(H,24,26). The van der Waals surface area contributed by atoms with E-state index in [0.29, 0.717) is 21.4 Å². The highest BCUT2D eigenvalue weighted by Gasteiger charge is 2.21. The molecule has 2 aromatic carbocycles. The molecule has 8 heteroatoms. The van der Waals surface area contributed by atoms with Crippen molar-refractivity contribution >= 4 is 33.2 Å². The van der Waals surface area contributed by atoms with E-state index in [1.807, 2.05) is 25.1 Å². The van der Waals surface area contributed by atoms with Crippen LogP contribution in [0.15, 0.2) is 42.5 Å². The molecule has 0 saturated heterocycles. The van der Waals surface area contributed by atoms with Gasteiger partial charge >= 0.3 is 0 Å². The van der Waals surface area contributed by atoms with Gasteiger partial charge in [0.1, 0.15) is 16.4 Å². The molecule has 2 N–H and O–H groups in total. The van der Waals surface area contributed by atoms with Crippen LogP contribution in [0.4, 0.5) is 4.39 Å². The quantitative estimate of drug-likeness (QED) is 0.577. The largest absolute Gasteiger partial charge is 0.483 e.